The van der Waals surface area contributed by atoms with Crippen molar-refractivity contribution < 1.29 is 18.7 Å². The Balaban J connectivity index is 1.78. The van der Waals surface area contributed by atoms with Gasteiger partial charge >= 0.3 is 0 Å². The van der Waals surface area contributed by atoms with E-state index in [2.05, 4.69) is 4.98 Å². The van der Waals surface area contributed by atoms with Gasteiger partial charge in [0.1, 0.15) is 17.7 Å². The van der Waals surface area contributed by atoms with Crippen molar-refractivity contribution in [2.45, 2.75) is 13.0 Å². The van der Waals surface area contributed by atoms with Crippen LogP contribution in [0.3, 0.4) is 0 Å². The fraction of sp³-hybridized carbons (Fsp3) is 0.0952. The Hall–Kier alpha value is -2.96. The quantitative estimate of drug-likeness (QED) is 0.366. The van der Waals surface area contributed by atoms with Gasteiger partial charge in [0.05, 0.1) is 16.7 Å². The highest BCUT2D eigenvalue weighted by atomic mass is 35.5. The number of hydrogen-bond acceptors (Lipinski definition) is 5. The van der Waals surface area contributed by atoms with E-state index in [4.69, 9.17) is 38.1 Å². The molecular formula is C21H15Cl2FN2O3. The molecule has 0 amide bonds. The second kappa shape index (κ2) is 7.46. The number of nitrogens with zero attached hydrogens (tertiary/aromatic N) is 1. The van der Waals surface area contributed by atoms with Crippen LogP contribution in [0.5, 0.6) is 11.5 Å². The second-order valence-corrected chi connectivity index (χ2v) is 7.21. The van der Waals surface area contributed by atoms with Crippen LogP contribution in [0.1, 0.15) is 18.6 Å². The first-order valence-electron chi connectivity index (χ1n) is 8.62. The number of phenols is 1. The minimum atomic E-state index is -0.720. The van der Waals surface area contributed by atoms with Gasteiger partial charge in [-0.05, 0) is 36.8 Å². The molecular weight excluding hydrogens is 418 g/mol. The Morgan fingerprint density at radius 3 is 2.62 bits per heavy atom. The number of hydrogen-bond donors (Lipinski definition) is 2. The number of aromatic hydroxyl groups is 1. The van der Waals surface area contributed by atoms with Crippen molar-refractivity contribution in [1.29, 1.82) is 0 Å². The molecule has 8 heteroatoms. The van der Waals surface area contributed by atoms with Gasteiger partial charge in [0, 0.05) is 22.3 Å². The summed E-state index contributed by atoms with van der Waals surface area (Å²) in [5.74, 6) is -0.125. The molecule has 5 nitrogen and oxygen atoms in total. The molecule has 4 rings (SSSR count). The van der Waals surface area contributed by atoms with Crippen LogP contribution in [0.15, 0.2) is 53.3 Å². The number of pyridine rings is 1. The van der Waals surface area contributed by atoms with Gasteiger partial charge in [-0.3, -0.25) is 0 Å². The zero-order chi connectivity index (χ0) is 20.7. The standard InChI is InChI=1S/C21H15Cl2FN2O3/c1-10(17-15(22)6-7-16(24)18(17)23)29-20-19-13(8-26-21(20)25)14(9-28-19)11-2-4-12(27)5-3-11/h2-10,27H,1H3,(H2,25,26). The summed E-state index contributed by atoms with van der Waals surface area (Å²) >= 11 is 12.3. The predicted octanol–water partition coefficient (Wildman–Crippen LogP) is 6.37. The molecule has 0 spiro atoms. The SMILES string of the molecule is CC(Oc1c(N)ncc2c(-c3ccc(O)cc3)coc12)c1c(Cl)ccc(F)c1Cl. The molecule has 3 N–H and O–H groups in total. The van der Waals surface area contributed by atoms with Crippen molar-refractivity contribution >= 4 is 40.0 Å². The molecule has 0 radical (unpaired) electrons. The van der Waals surface area contributed by atoms with Gasteiger partial charge in [0.15, 0.2) is 11.4 Å². The summed E-state index contributed by atoms with van der Waals surface area (Å²) in [4.78, 5) is 4.20. The molecule has 2 heterocycles. The molecule has 2 aromatic carbocycles. The lowest BCUT2D eigenvalue weighted by Crippen LogP contribution is -2.08. The van der Waals surface area contributed by atoms with Crippen molar-refractivity contribution in [1.82, 2.24) is 4.98 Å². The van der Waals surface area contributed by atoms with Crippen LogP contribution in [0.4, 0.5) is 10.2 Å². The van der Waals surface area contributed by atoms with Crippen molar-refractivity contribution in [3.05, 3.63) is 70.3 Å². The monoisotopic (exact) mass is 432 g/mol. The lowest BCUT2D eigenvalue weighted by molar-refractivity contribution is 0.227. The van der Waals surface area contributed by atoms with Crippen LogP contribution in [0, 0.1) is 5.82 Å². The lowest BCUT2D eigenvalue weighted by Gasteiger charge is -2.18. The van der Waals surface area contributed by atoms with E-state index in [1.54, 1.807) is 43.6 Å². The zero-order valence-electron chi connectivity index (χ0n) is 15.1. The molecule has 0 aliphatic carbocycles. The Bertz CT molecular complexity index is 1210. The highest BCUT2D eigenvalue weighted by Gasteiger charge is 2.23. The summed E-state index contributed by atoms with van der Waals surface area (Å²) in [6.45, 7) is 1.68. The maximum absolute atomic E-state index is 13.9. The van der Waals surface area contributed by atoms with Crippen LogP contribution in [0.25, 0.3) is 22.1 Å². The Morgan fingerprint density at radius 2 is 1.90 bits per heavy atom. The van der Waals surface area contributed by atoms with Gasteiger partial charge in [-0.15, -0.1) is 0 Å². The number of furan rings is 1. The molecule has 0 aliphatic heterocycles. The third-order valence-corrected chi connectivity index (χ3v) is 5.27. The predicted molar refractivity (Wildman–Crippen MR) is 111 cm³/mol. The molecule has 29 heavy (non-hydrogen) atoms. The first kappa shape index (κ1) is 19.4. The van der Waals surface area contributed by atoms with Gasteiger partial charge in [-0.1, -0.05) is 35.3 Å². The topological polar surface area (TPSA) is 81.5 Å². The molecule has 0 saturated carbocycles. The maximum Gasteiger partial charge on any atom is 0.205 e. The summed E-state index contributed by atoms with van der Waals surface area (Å²) in [6, 6.07) is 9.26. The number of benzene rings is 2. The van der Waals surface area contributed by atoms with Crippen molar-refractivity contribution in [3.8, 4) is 22.6 Å². The van der Waals surface area contributed by atoms with Gasteiger partial charge in [-0.25, -0.2) is 9.37 Å². The van der Waals surface area contributed by atoms with Gasteiger partial charge in [0.2, 0.25) is 5.75 Å². The van der Waals surface area contributed by atoms with Crippen LogP contribution >= 0.6 is 23.2 Å². The average Bonchev–Trinajstić information content (AvgIpc) is 3.12. The minimum absolute atomic E-state index is 0.111. The van der Waals surface area contributed by atoms with E-state index < -0.39 is 11.9 Å². The fourth-order valence-corrected chi connectivity index (χ4v) is 3.79. The normalized spacial score (nSPS) is 12.3. The summed E-state index contributed by atoms with van der Waals surface area (Å²) in [7, 11) is 0. The third kappa shape index (κ3) is 3.45. The molecule has 0 saturated heterocycles. The fourth-order valence-electron chi connectivity index (χ4n) is 3.11. The van der Waals surface area contributed by atoms with Crippen LogP contribution < -0.4 is 10.5 Å². The first-order chi connectivity index (χ1) is 13.9. The first-order valence-corrected chi connectivity index (χ1v) is 9.37. The maximum atomic E-state index is 13.9. The van der Waals surface area contributed by atoms with Crippen LogP contribution in [0.2, 0.25) is 10.0 Å². The summed E-state index contributed by atoms with van der Waals surface area (Å²) in [5, 5.41) is 10.3. The van der Waals surface area contributed by atoms with E-state index in [0.29, 0.717) is 16.5 Å². The van der Waals surface area contributed by atoms with Crippen molar-refractivity contribution in [3.63, 3.8) is 0 Å². The number of aromatic nitrogens is 1. The average molecular weight is 433 g/mol. The Kier molecular flexibility index (Phi) is 4.98. The highest BCUT2D eigenvalue weighted by Crippen LogP contribution is 2.41. The number of ether oxygens (including phenoxy) is 1. The second-order valence-electron chi connectivity index (χ2n) is 6.43. The van der Waals surface area contributed by atoms with Gasteiger partial charge < -0.3 is 20.0 Å². The van der Waals surface area contributed by atoms with Gasteiger partial charge in [0.25, 0.3) is 0 Å². The molecule has 0 fully saturated rings. The number of halogens is 3. The number of anilines is 1. The van der Waals surface area contributed by atoms with Crippen LogP contribution in [-0.2, 0) is 0 Å². The van der Waals surface area contributed by atoms with Crippen LogP contribution in [-0.4, -0.2) is 10.1 Å². The van der Waals surface area contributed by atoms with E-state index in [0.717, 1.165) is 11.1 Å². The summed E-state index contributed by atoms with van der Waals surface area (Å²) in [6.07, 6.45) is 2.41. The number of fused-ring (bicyclic) bond motifs is 1. The summed E-state index contributed by atoms with van der Waals surface area (Å²) < 4.78 is 25.6. The number of nitrogens with two attached hydrogens (primary N) is 1. The largest absolute Gasteiger partial charge is 0.508 e. The zero-order valence-corrected chi connectivity index (χ0v) is 16.6. The van der Waals surface area contributed by atoms with Crippen molar-refractivity contribution in [2.24, 2.45) is 0 Å². The van der Waals surface area contributed by atoms with E-state index in [1.807, 2.05) is 0 Å². The Morgan fingerprint density at radius 1 is 1.17 bits per heavy atom. The lowest BCUT2D eigenvalue weighted by atomic mass is 10.1. The van der Waals surface area contributed by atoms with Gasteiger partial charge in [-0.2, -0.15) is 0 Å². The molecule has 1 atom stereocenters. The molecule has 1 unspecified atom stereocenters. The molecule has 2 aromatic heterocycles. The van der Waals surface area contributed by atoms with E-state index in [9.17, 15) is 9.50 Å². The number of nitrogen functional groups attached to an aromatic ring is 1. The number of phenolic OH excluding ortho intramolecular Hbond substituents is 1. The molecule has 4 aromatic rings. The van der Waals surface area contributed by atoms with Crippen molar-refractivity contribution in [2.75, 3.05) is 5.73 Å². The van der Waals surface area contributed by atoms with E-state index >= 15 is 0 Å². The van der Waals surface area contributed by atoms with E-state index in [1.165, 1.54) is 12.1 Å². The van der Waals surface area contributed by atoms with E-state index in [-0.39, 0.29) is 27.4 Å². The molecule has 0 aliphatic rings. The third-order valence-electron chi connectivity index (χ3n) is 4.56. The minimum Gasteiger partial charge on any atom is -0.508 e. The number of rotatable bonds is 4. The molecule has 0 bridgehead atoms. The molecule has 148 valence electrons. The summed E-state index contributed by atoms with van der Waals surface area (Å²) in [5.41, 5.74) is 8.28. The smallest absolute Gasteiger partial charge is 0.205 e. The Labute approximate surface area is 175 Å². The highest BCUT2D eigenvalue weighted by molar-refractivity contribution is 6.36.